The number of fused-ring (bicyclic) bond motifs is 2. The van der Waals surface area contributed by atoms with E-state index in [1.807, 2.05) is 4.93 Å². The maximum Gasteiger partial charge on any atom is 0.326 e. The van der Waals surface area contributed by atoms with Crippen LogP contribution in [0.3, 0.4) is 0 Å². The molecule has 27 heteroatoms. The highest BCUT2D eigenvalue weighted by Crippen LogP contribution is 2.38. The van der Waals surface area contributed by atoms with E-state index in [1.165, 1.54) is 145 Å². The molecule has 22 nitrogen and oxygen atoms in total. The molecule has 0 amide bonds. The minimum absolute atomic E-state index is 0.0155. The number of hydrogen-bond donors (Lipinski definition) is 1. The highest BCUT2D eigenvalue weighted by Gasteiger charge is 2.33. The van der Waals surface area contributed by atoms with Crippen LogP contribution in [0.5, 0.6) is 23.0 Å². The molecule has 2 aromatic heterocycles. The van der Waals surface area contributed by atoms with Crippen LogP contribution < -0.4 is 36.6 Å². The zero-order chi connectivity index (χ0) is 60.7. The summed E-state index contributed by atoms with van der Waals surface area (Å²) in [7, 11) is -9.47. The molecule has 0 bridgehead atoms. The van der Waals surface area contributed by atoms with Crippen molar-refractivity contribution in [2.75, 3.05) is 84.4 Å². The number of halogens is 1. The van der Waals surface area contributed by atoms with Crippen molar-refractivity contribution >= 4 is 119 Å². The molecule has 0 unspecified atom stereocenters. The first-order valence-corrected chi connectivity index (χ1v) is 32.7. The van der Waals surface area contributed by atoms with Gasteiger partial charge in [0, 0.05) is 28.6 Å². The number of nitrogens with zero attached hydrogens (tertiary/aromatic N) is 5. The van der Waals surface area contributed by atoms with Crippen LogP contribution in [0.4, 0.5) is 23.0 Å². The predicted octanol–water partition coefficient (Wildman–Crippen LogP) is 8.70. The van der Waals surface area contributed by atoms with E-state index < -0.39 is 65.1 Å². The van der Waals surface area contributed by atoms with Gasteiger partial charge in [0.1, 0.15) is 47.7 Å². The second-order valence-electron chi connectivity index (χ2n) is 17.0. The molecule has 0 fully saturated rings. The number of nitrogens with one attached hydrogen (secondary N) is 1. The minimum atomic E-state index is -4.30. The Morgan fingerprint density at radius 3 is 1.16 bits per heavy atom. The van der Waals surface area contributed by atoms with Gasteiger partial charge >= 0.3 is 11.9 Å². The molecule has 1 N–H and O–H groups in total. The molecule has 8 aromatic rings. The zero-order valence-corrected chi connectivity index (χ0v) is 51.5. The van der Waals surface area contributed by atoms with E-state index >= 15 is 0 Å². The summed E-state index contributed by atoms with van der Waals surface area (Å²) in [6.45, 7) is 2.07. The summed E-state index contributed by atoms with van der Waals surface area (Å²) in [5, 5.41) is 1.36. The van der Waals surface area contributed by atoms with E-state index in [9.17, 15) is 43.3 Å². The summed E-state index contributed by atoms with van der Waals surface area (Å²) in [6.07, 6.45) is 2.44. The normalized spacial score (nSPS) is 11.4. The third-order valence-electron chi connectivity index (χ3n) is 12.1. The van der Waals surface area contributed by atoms with Crippen molar-refractivity contribution in [1.29, 1.82) is 0 Å². The third-order valence-corrected chi connectivity index (χ3v) is 18.8. The number of carbonyl (C=O) groups excluding carboxylic acids is 2. The first-order chi connectivity index (χ1) is 39.6. The highest BCUT2D eigenvalue weighted by atomic mass is 127. The average Bonchev–Trinajstić information content (AvgIpc) is 3.56. The van der Waals surface area contributed by atoms with Gasteiger partial charge in [0.2, 0.25) is 0 Å². The second-order valence-corrected chi connectivity index (χ2v) is 24.3. The van der Waals surface area contributed by atoms with E-state index in [0.29, 0.717) is 44.5 Å². The van der Waals surface area contributed by atoms with Crippen molar-refractivity contribution in [3.05, 3.63) is 158 Å². The number of aromatic nitrogens is 2. The maximum atomic E-state index is 13.9. The van der Waals surface area contributed by atoms with Crippen LogP contribution in [0.1, 0.15) is 13.8 Å². The lowest BCUT2D eigenvalue weighted by Crippen LogP contribution is -2.37. The van der Waals surface area contributed by atoms with Gasteiger partial charge in [0.25, 0.3) is 40.1 Å². The fourth-order valence-corrected chi connectivity index (χ4v) is 13.1. The van der Waals surface area contributed by atoms with Crippen LogP contribution in [0.2, 0.25) is 0 Å². The molecule has 0 aliphatic carbocycles. The van der Waals surface area contributed by atoms with Crippen molar-refractivity contribution in [3.63, 3.8) is 0 Å². The van der Waals surface area contributed by atoms with Crippen LogP contribution in [-0.2, 0) is 59.2 Å². The van der Waals surface area contributed by atoms with Crippen LogP contribution in [-0.4, -0.2) is 122 Å². The molecule has 0 aliphatic rings. The first kappa shape index (κ1) is 64.2. The van der Waals surface area contributed by atoms with E-state index in [2.05, 4.69) is 37.3 Å². The molecule has 83 heavy (non-hydrogen) atoms. The molecule has 0 radical (unpaired) electrons. The van der Waals surface area contributed by atoms with Gasteiger partial charge in [-0.25, -0.2) is 43.6 Å². The number of pyridine rings is 2. The highest BCUT2D eigenvalue weighted by molar-refractivity contribution is 14.1. The van der Waals surface area contributed by atoms with Crippen LogP contribution >= 0.6 is 22.6 Å². The van der Waals surface area contributed by atoms with E-state index in [4.69, 9.17) is 28.4 Å². The molecule has 0 spiro atoms. The number of rotatable bonds is 22. The van der Waals surface area contributed by atoms with Crippen molar-refractivity contribution < 1.29 is 71.7 Å². The van der Waals surface area contributed by atoms with Crippen molar-refractivity contribution in [1.82, 2.24) is 9.97 Å². The van der Waals surface area contributed by atoms with Gasteiger partial charge in [-0.05, 0) is 116 Å². The summed E-state index contributed by atoms with van der Waals surface area (Å²) in [5.74, 6) is 0.414. The van der Waals surface area contributed by atoms with Crippen molar-refractivity contribution in [2.24, 2.45) is 0 Å². The topological polar surface area (TPSA) is 274 Å². The molecule has 0 saturated heterocycles. The van der Waals surface area contributed by atoms with Gasteiger partial charge in [0.05, 0.1) is 85.0 Å². The smallest absolute Gasteiger partial charge is 0.326 e. The standard InChI is InChI=1S/C28H29N3O8S2.C27H27N3O8S2.CH3I/c1-5-39-27(32)19-31(41(35,36)23-16-12-21(38-4)13-17-23)26-18-29-28(25-9-7-6-8-24(25)26)30(2)40(33,34)22-14-10-20(37-3)11-15-22;1-4-38-26(31)18-30(40(34,35)22-15-11-20(37-3)12-16-22)25-17-28-27(24-8-6-5-7-23(24)25)29-39(32,33)21-13-9-19(36-2)10-14-21;1-2/h6-18H,5,19H2,1-4H3;5-17H,4,18H2,1-3H3,(H,28,29);1H3. The number of esters is 2. The Bertz CT molecular complexity index is 4020. The SMILES string of the molecule is CCOC(=O)CN(c1cnc(N(C)S(=O)(=O)c2ccc(OC)cc2)c2ccccc12)S(=O)(=O)c1ccc(OC)cc1.CCOC(=O)CN(c1cnc(NS(=O)(=O)c2ccc(OC)cc2)c2ccccc12)S(=O)(=O)c1ccc(OC)cc1.CI. The van der Waals surface area contributed by atoms with E-state index in [0.717, 1.165) is 12.9 Å². The van der Waals surface area contributed by atoms with Gasteiger partial charge in [0.15, 0.2) is 0 Å². The lowest BCUT2D eigenvalue weighted by molar-refractivity contribution is -0.142. The number of anilines is 4. The number of hydrogen-bond acceptors (Lipinski definition) is 18. The van der Waals surface area contributed by atoms with Gasteiger partial charge in [-0.3, -0.25) is 27.2 Å². The number of sulfonamides is 4. The summed E-state index contributed by atoms with van der Waals surface area (Å²) in [6, 6.07) is 36.3. The largest absolute Gasteiger partial charge is 0.497 e. The molecule has 440 valence electrons. The number of alkyl halides is 1. The summed E-state index contributed by atoms with van der Waals surface area (Å²) in [4.78, 5) is 35.6. The average molecular weight is 1330 g/mol. The number of ether oxygens (including phenoxy) is 6. The zero-order valence-electron chi connectivity index (χ0n) is 46.1. The minimum Gasteiger partial charge on any atom is -0.497 e. The van der Waals surface area contributed by atoms with Crippen molar-refractivity contribution in [2.45, 2.75) is 33.4 Å². The van der Waals surface area contributed by atoms with Crippen molar-refractivity contribution in [3.8, 4) is 23.0 Å². The molecule has 0 atom stereocenters. The Morgan fingerprint density at radius 1 is 0.458 bits per heavy atom. The van der Waals surface area contributed by atoms with E-state index in [-0.39, 0.29) is 55.8 Å². The van der Waals surface area contributed by atoms with Gasteiger partial charge < -0.3 is 28.4 Å². The van der Waals surface area contributed by atoms with Gasteiger partial charge in [-0.2, -0.15) is 0 Å². The molecule has 0 saturated carbocycles. The Balaban J connectivity index is 0.000000259. The summed E-state index contributed by atoms with van der Waals surface area (Å²) in [5.41, 5.74) is 0.135. The van der Waals surface area contributed by atoms with E-state index in [1.54, 1.807) is 62.4 Å². The number of benzene rings is 6. The predicted molar refractivity (Wildman–Crippen MR) is 324 cm³/mol. The summed E-state index contributed by atoms with van der Waals surface area (Å²) < 4.78 is 144. The first-order valence-electron chi connectivity index (χ1n) is 24.7. The van der Waals surface area contributed by atoms with Crippen LogP contribution in [0, 0.1) is 0 Å². The van der Waals surface area contributed by atoms with Crippen LogP contribution in [0.25, 0.3) is 21.5 Å². The van der Waals surface area contributed by atoms with Gasteiger partial charge in [-0.1, -0.05) is 71.1 Å². The quantitative estimate of drug-likeness (QED) is 0.0377. The lowest BCUT2D eigenvalue weighted by atomic mass is 10.1. The maximum absolute atomic E-state index is 13.9. The Morgan fingerprint density at radius 2 is 0.783 bits per heavy atom. The fourth-order valence-electron chi connectivity index (χ4n) is 8.03. The third kappa shape index (κ3) is 14.8. The Labute approximate surface area is 496 Å². The molecule has 2 heterocycles. The Kier molecular flexibility index (Phi) is 21.9. The molecular formula is C56H59IN6O16S4. The van der Waals surface area contributed by atoms with Gasteiger partial charge in [-0.15, -0.1) is 0 Å². The fraction of sp³-hybridized carbons (Fsp3) is 0.214. The number of carbonyl (C=O) groups is 2. The second kappa shape index (κ2) is 28.3. The monoisotopic (exact) mass is 1330 g/mol. The molecule has 6 aromatic carbocycles. The lowest BCUT2D eigenvalue weighted by Gasteiger charge is -2.26. The molecule has 8 rings (SSSR count). The molecular weight excluding hydrogens is 1270 g/mol. The number of methoxy groups -OCH3 is 4. The molecule has 0 aliphatic heterocycles. The van der Waals surface area contributed by atoms with Crippen LogP contribution in [0.15, 0.2) is 178 Å². The Hall–Kier alpha value is -7.99. The summed E-state index contributed by atoms with van der Waals surface area (Å²) >= 11 is 2.15.